The molecule has 1 amide bonds. The first kappa shape index (κ1) is 22.7. The molecule has 1 atom stereocenters. The molecule has 0 radical (unpaired) electrons. The van der Waals surface area contributed by atoms with E-state index >= 15 is 0 Å². The van der Waals surface area contributed by atoms with E-state index in [0.717, 1.165) is 33.8 Å². The average Bonchev–Trinajstić information content (AvgIpc) is 3.39. The molecule has 2 aromatic carbocycles. The van der Waals surface area contributed by atoms with Gasteiger partial charge in [0.2, 0.25) is 0 Å². The number of pyridine rings is 1. The Hall–Kier alpha value is -4.79. The van der Waals surface area contributed by atoms with Crippen molar-refractivity contribution in [2.45, 2.75) is 13.8 Å². The van der Waals surface area contributed by atoms with Crippen LogP contribution in [0.15, 0.2) is 73.3 Å². The van der Waals surface area contributed by atoms with Gasteiger partial charge in [-0.25, -0.2) is 19.9 Å². The van der Waals surface area contributed by atoms with Crippen molar-refractivity contribution in [3.8, 4) is 11.5 Å². The van der Waals surface area contributed by atoms with Crippen molar-refractivity contribution in [3.05, 3.63) is 78.9 Å². The maximum Gasteiger partial charge on any atom is 0.255 e. The van der Waals surface area contributed by atoms with E-state index in [1.165, 1.54) is 6.33 Å². The lowest BCUT2D eigenvalue weighted by Gasteiger charge is -2.16. The van der Waals surface area contributed by atoms with E-state index in [1.807, 2.05) is 67.9 Å². The van der Waals surface area contributed by atoms with Crippen molar-refractivity contribution in [3.63, 3.8) is 0 Å². The summed E-state index contributed by atoms with van der Waals surface area (Å²) in [4.78, 5) is 32.2. The highest BCUT2D eigenvalue weighted by molar-refractivity contribution is 6.08. The van der Waals surface area contributed by atoms with Crippen molar-refractivity contribution < 1.29 is 9.53 Å². The molecule has 6 rings (SSSR count). The van der Waals surface area contributed by atoms with Crippen LogP contribution < -0.4 is 15.0 Å². The number of amides is 1. The molecule has 5 aromatic rings. The zero-order chi connectivity index (χ0) is 25.7. The molecular weight excluding hydrogens is 466 g/mol. The molecule has 1 aliphatic heterocycles. The van der Waals surface area contributed by atoms with E-state index in [0.29, 0.717) is 34.8 Å². The SMILES string of the molecule is C=C1C(=O)N(c2ccc3ncnc(Nc4ccc(Oc5ccc6c(c5)ncn6C)c(C)c4)c3n2)CC1C. The normalized spacial score (nSPS) is 15.6. The van der Waals surface area contributed by atoms with Crippen LogP contribution in [0.25, 0.3) is 22.1 Å². The molecule has 9 heteroatoms. The van der Waals surface area contributed by atoms with Crippen LogP contribution in [-0.4, -0.2) is 37.0 Å². The molecule has 1 aliphatic rings. The third-order valence-electron chi connectivity index (χ3n) is 6.68. The second-order valence-corrected chi connectivity index (χ2v) is 9.31. The Morgan fingerprint density at radius 1 is 1.05 bits per heavy atom. The van der Waals surface area contributed by atoms with E-state index in [-0.39, 0.29) is 11.8 Å². The number of fused-ring (bicyclic) bond motifs is 2. The van der Waals surface area contributed by atoms with Crippen LogP contribution in [0.3, 0.4) is 0 Å². The standard InChI is InChI=1S/C28H25N7O2/c1-16-11-19(5-9-24(16)37-20-6-8-23-22(12-20)31-15-34(23)4)32-27-26-21(29-14-30-27)7-10-25(33-26)35-13-17(2)18(3)28(35)36/h5-12,14-15,17H,3,13H2,1-2,4H3,(H,29,30,32). The highest BCUT2D eigenvalue weighted by Gasteiger charge is 2.32. The van der Waals surface area contributed by atoms with Gasteiger partial charge in [-0.15, -0.1) is 0 Å². The van der Waals surface area contributed by atoms with Crippen molar-refractivity contribution in [2.24, 2.45) is 13.0 Å². The number of anilines is 3. The number of hydrogen-bond acceptors (Lipinski definition) is 7. The van der Waals surface area contributed by atoms with Gasteiger partial charge >= 0.3 is 0 Å². The summed E-state index contributed by atoms with van der Waals surface area (Å²) in [5.74, 6) is 2.57. The highest BCUT2D eigenvalue weighted by Crippen LogP contribution is 2.32. The molecule has 37 heavy (non-hydrogen) atoms. The number of aryl methyl sites for hydroxylation is 2. The number of nitrogens with one attached hydrogen (secondary N) is 1. The fourth-order valence-corrected chi connectivity index (χ4v) is 4.51. The Morgan fingerprint density at radius 3 is 2.70 bits per heavy atom. The second-order valence-electron chi connectivity index (χ2n) is 9.31. The van der Waals surface area contributed by atoms with E-state index in [1.54, 1.807) is 17.3 Å². The van der Waals surface area contributed by atoms with Gasteiger partial charge in [-0.1, -0.05) is 13.5 Å². The number of hydrogen-bond donors (Lipinski definition) is 1. The minimum Gasteiger partial charge on any atom is -0.457 e. The Kier molecular flexibility index (Phi) is 5.33. The van der Waals surface area contributed by atoms with Crippen molar-refractivity contribution in [2.75, 3.05) is 16.8 Å². The van der Waals surface area contributed by atoms with Gasteiger partial charge in [-0.3, -0.25) is 9.69 Å². The number of rotatable bonds is 5. The third-order valence-corrected chi connectivity index (χ3v) is 6.68. The first-order valence-corrected chi connectivity index (χ1v) is 12.0. The molecule has 9 nitrogen and oxygen atoms in total. The first-order valence-electron chi connectivity index (χ1n) is 12.0. The molecule has 0 spiro atoms. The van der Waals surface area contributed by atoms with Gasteiger partial charge < -0.3 is 14.6 Å². The van der Waals surface area contributed by atoms with Gasteiger partial charge in [0.25, 0.3) is 5.91 Å². The van der Waals surface area contributed by atoms with Gasteiger partial charge in [0, 0.05) is 36.8 Å². The summed E-state index contributed by atoms with van der Waals surface area (Å²) in [5.41, 5.74) is 5.58. The monoisotopic (exact) mass is 491 g/mol. The van der Waals surface area contributed by atoms with Crippen molar-refractivity contribution in [1.29, 1.82) is 0 Å². The Morgan fingerprint density at radius 2 is 1.92 bits per heavy atom. The van der Waals surface area contributed by atoms with Gasteiger partial charge in [0.05, 0.1) is 22.9 Å². The summed E-state index contributed by atoms with van der Waals surface area (Å²) >= 11 is 0. The minimum atomic E-state index is -0.0980. The molecule has 0 bridgehead atoms. The number of imidazole rings is 1. The predicted octanol–water partition coefficient (Wildman–Crippen LogP) is 5.29. The zero-order valence-corrected chi connectivity index (χ0v) is 20.8. The van der Waals surface area contributed by atoms with Gasteiger partial charge in [-0.05, 0) is 55.0 Å². The van der Waals surface area contributed by atoms with Gasteiger partial charge in [0.15, 0.2) is 5.82 Å². The van der Waals surface area contributed by atoms with Crippen LogP contribution in [0.1, 0.15) is 12.5 Å². The first-order chi connectivity index (χ1) is 17.9. The predicted molar refractivity (Wildman–Crippen MR) is 143 cm³/mol. The quantitative estimate of drug-likeness (QED) is 0.333. The topological polar surface area (TPSA) is 98.1 Å². The molecule has 1 fully saturated rings. The fourth-order valence-electron chi connectivity index (χ4n) is 4.51. The van der Waals surface area contributed by atoms with Crippen molar-refractivity contribution in [1.82, 2.24) is 24.5 Å². The Bertz CT molecular complexity index is 1710. The number of carbonyl (C=O) groups excluding carboxylic acids is 1. The smallest absolute Gasteiger partial charge is 0.255 e. The lowest BCUT2D eigenvalue weighted by molar-refractivity contribution is -0.114. The summed E-state index contributed by atoms with van der Waals surface area (Å²) in [6.07, 6.45) is 3.28. The largest absolute Gasteiger partial charge is 0.457 e. The molecule has 0 aliphatic carbocycles. The van der Waals surface area contributed by atoms with Crippen LogP contribution in [0.4, 0.5) is 17.3 Å². The summed E-state index contributed by atoms with van der Waals surface area (Å²) in [7, 11) is 1.96. The summed E-state index contributed by atoms with van der Waals surface area (Å²) < 4.78 is 8.11. The van der Waals surface area contributed by atoms with Crippen LogP contribution in [0, 0.1) is 12.8 Å². The maximum atomic E-state index is 12.6. The average molecular weight is 492 g/mol. The molecular formula is C28H25N7O2. The van der Waals surface area contributed by atoms with E-state index < -0.39 is 0 Å². The second kappa shape index (κ2) is 8.70. The van der Waals surface area contributed by atoms with Crippen LogP contribution in [-0.2, 0) is 11.8 Å². The molecule has 1 saturated heterocycles. The maximum absolute atomic E-state index is 12.6. The highest BCUT2D eigenvalue weighted by atomic mass is 16.5. The van der Waals surface area contributed by atoms with Crippen molar-refractivity contribution >= 4 is 45.3 Å². The fraction of sp³-hybridized carbons (Fsp3) is 0.179. The van der Waals surface area contributed by atoms with Gasteiger partial charge in [0.1, 0.15) is 29.2 Å². The summed E-state index contributed by atoms with van der Waals surface area (Å²) in [5, 5.41) is 3.35. The van der Waals surface area contributed by atoms with E-state index in [2.05, 4.69) is 26.8 Å². The third kappa shape index (κ3) is 4.04. The number of carbonyl (C=O) groups is 1. The molecule has 184 valence electrons. The zero-order valence-electron chi connectivity index (χ0n) is 20.8. The molecule has 3 aromatic heterocycles. The van der Waals surface area contributed by atoms with E-state index in [4.69, 9.17) is 9.72 Å². The molecule has 1 unspecified atom stereocenters. The number of benzene rings is 2. The Labute approximate surface area is 213 Å². The van der Waals surface area contributed by atoms with Crippen LogP contribution >= 0.6 is 0 Å². The lowest BCUT2D eigenvalue weighted by Crippen LogP contribution is -2.25. The Balaban J connectivity index is 1.26. The van der Waals surface area contributed by atoms with E-state index in [9.17, 15) is 4.79 Å². The molecule has 0 saturated carbocycles. The number of ether oxygens (including phenoxy) is 1. The minimum absolute atomic E-state index is 0.0872. The number of nitrogens with zero attached hydrogens (tertiary/aromatic N) is 6. The molecule has 1 N–H and O–H groups in total. The summed E-state index contributed by atoms with van der Waals surface area (Å²) in [6, 6.07) is 15.3. The summed E-state index contributed by atoms with van der Waals surface area (Å²) in [6.45, 7) is 8.45. The number of aromatic nitrogens is 5. The van der Waals surface area contributed by atoms with Crippen LogP contribution in [0.5, 0.6) is 11.5 Å². The van der Waals surface area contributed by atoms with Gasteiger partial charge in [-0.2, -0.15) is 0 Å². The molecule has 4 heterocycles. The van der Waals surface area contributed by atoms with Crippen LogP contribution in [0.2, 0.25) is 0 Å². The lowest BCUT2D eigenvalue weighted by atomic mass is 10.1.